The molecular formula is C16H15N5O4. The van der Waals surface area contributed by atoms with Crippen LogP contribution < -0.4 is 21.3 Å². The van der Waals surface area contributed by atoms with Crippen LogP contribution in [-0.2, 0) is 13.6 Å². The van der Waals surface area contributed by atoms with Gasteiger partial charge >= 0.3 is 5.69 Å². The van der Waals surface area contributed by atoms with Gasteiger partial charge in [-0.3, -0.25) is 19.1 Å². The van der Waals surface area contributed by atoms with E-state index in [9.17, 15) is 14.4 Å². The summed E-state index contributed by atoms with van der Waals surface area (Å²) >= 11 is 0. The minimum atomic E-state index is -0.562. The maximum absolute atomic E-state index is 12.3. The third-order valence-electron chi connectivity index (χ3n) is 3.71. The number of H-pyrrole nitrogens is 1. The number of nitrogens with zero attached hydrogens (tertiary/aromatic N) is 3. The van der Waals surface area contributed by atoms with Crippen molar-refractivity contribution in [3.05, 3.63) is 62.7 Å². The van der Waals surface area contributed by atoms with Crippen molar-refractivity contribution in [3.8, 4) is 5.88 Å². The summed E-state index contributed by atoms with van der Waals surface area (Å²) in [4.78, 5) is 46.0. The van der Waals surface area contributed by atoms with Crippen LogP contribution in [0.1, 0.15) is 16.1 Å². The molecule has 0 aliphatic heterocycles. The fourth-order valence-electron chi connectivity index (χ4n) is 2.32. The summed E-state index contributed by atoms with van der Waals surface area (Å²) in [5, 5.41) is 2.93. The van der Waals surface area contributed by atoms with Crippen molar-refractivity contribution in [2.45, 2.75) is 6.54 Å². The van der Waals surface area contributed by atoms with Crippen molar-refractivity contribution in [3.63, 3.8) is 0 Å². The zero-order valence-corrected chi connectivity index (χ0v) is 13.6. The molecule has 3 aromatic heterocycles. The number of rotatable bonds is 4. The summed E-state index contributed by atoms with van der Waals surface area (Å²) in [5.41, 5.74) is 0.139. The summed E-state index contributed by atoms with van der Waals surface area (Å²) < 4.78 is 6.28. The van der Waals surface area contributed by atoms with Crippen LogP contribution in [0.25, 0.3) is 10.9 Å². The van der Waals surface area contributed by atoms with Crippen molar-refractivity contribution in [1.29, 1.82) is 0 Å². The van der Waals surface area contributed by atoms with Crippen molar-refractivity contribution in [2.24, 2.45) is 7.05 Å². The van der Waals surface area contributed by atoms with Gasteiger partial charge in [-0.15, -0.1) is 0 Å². The predicted molar refractivity (Wildman–Crippen MR) is 89.6 cm³/mol. The molecule has 2 N–H and O–H groups in total. The molecule has 0 radical (unpaired) electrons. The molecule has 0 aliphatic rings. The Labute approximate surface area is 141 Å². The monoisotopic (exact) mass is 341 g/mol. The highest BCUT2D eigenvalue weighted by atomic mass is 16.5. The first-order valence-electron chi connectivity index (χ1n) is 7.36. The molecule has 0 saturated carbocycles. The number of aryl methyl sites for hydroxylation is 1. The first kappa shape index (κ1) is 16.4. The molecule has 128 valence electrons. The fourth-order valence-corrected chi connectivity index (χ4v) is 2.32. The van der Waals surface area contributed by atoms with Crippen molar-refractivity contribution >= 4 is 16.8 Å². The van der Waals surface area contributed by atoms with Crippen molar-refractivity contribution in [1.82, 2.24) is 24.8 Å². The quantitative estimate of drug-likeness (QED) is 0.687. The molecule has 0 fully saturated rings. The van der Waals surface area contributed by atoms with E-state index in [0.29, 0.717) is 11.4 Å². The number of aromatic nitrogens is 4. The van der Waals surface area contributed by atoms with Crippen LogP contribution in [0.5, 0.6) is 5.88 Å². The lowest BCUT2D eigenvalue weighted by Crippen LogP contribution is -2.29. The average Bonchev–Trinajstić information content (AvgIpc) is 2.64. The lowest BCUT2D eigenvalue weighted by atomic mass is 10.2. The summed E-state index contributed by atoms with van der Waals surface area (Å²) in [6, 6.07) is 4.81. The van der Waals surface area contributed by atoms with E-state index in [1.54, 1.807) is 18.3 Å². The third kappa shape index (κ3) is 3.25. The Morgan fingerprint density at radius 1 is 1.32 bits per heavy atom. The van der Waals surface area contributed by atoms with E-state index in [1.807, 2.05) is 0 Å². The van der Waals surface area contributed by atoms with Gasteiger partial charge in [-0.05, 0) is 17.7 Å². The first-order chi connectivity index (χ1) is 12.0. The van der Waals surface area contributed by atoms with E-state index in [4.69, 9.17) is 4.74 Å². The van der Waals surface area contributed by atoms with Crippen LogP contribution >= 0.6 is 0 Å². The normalized spacial score (nSPS) is 10.6. The molecule has 25 heavy (non-hydrogen) atoms. The minimum Gasteiger partial charge on any atom is -0.481 e. The molecule has 0 spiro atoms. The van der Waals surface area contributed by atoms with Gasteiger partial charge in [0.1, 0.15) is 5.69 Å². The van der Waals surface area contributed by atoms with Crippen LogP contribution in [0.2, 0.25) is 0 Å². The van der Waals surface area contributed by atoms with E-state index >= 15 is 0 Å². The Balaban J connectivity index is 1.85. The van der Waals surface area contributed by atoms with Gasteiger partial charge < -0.3 is 10.1 Å². The molecule has 0 atom stereocenters. The van der Waals surface area contributed by atoms with Crippen molar-refractivity contribution in [2.75, 3.05) is 7.11 Å². The highest BCUT2D eigenvalue weighted by Crippen LogP contribution is 2.10. The molecule has 0 saturated heterocycles. The SMILES string of the molecule is COc1cc(CNC(=O)c2cc3c(=O)[nH]c(=O)n(C)c3cn2)ccn1. The first-order valence-corrected chi connectivity index (χ1v) is 7.36. The second kappa shape index (κ2) is 6.56. The molecular weight excluding hydrogens is 326 g/mol. The number of pyridine rings is 2. The second-order valence-corrected chi connectivity index (χ2v) is 5.29. The van der Waals surface area contributed by atoms with E-state index in [0.717, 1.165) is 5.56 Å². The minimum absolute atomic E-state index is 0.0812. The Hall–Kier alpha value is -3.49. The second-order valence-electron chi connectivity index (χ2n) is 5.29. The van der Waals surface area contributed by atoms with Gasteiger partial charge in [0.05, 0.1) is 24.2 Å². The number of amides is 1. The molecule has 0 aromatic carbocycles. The summed E-state index contributed by atoms with van der Waals surface area (Å²) in [6.07, 6.45) is 2.91. The molecule has 3 heterocycles. The topological polar surface area (TPSA) is 119 Å². The number of fused-ring (bicyclic) bond motifs is 1. The number of nitrogens with one attached hydrogen (secondary N) is 2. The number of carbonyl (C=O) groups is 1. The largest absolute Gasteiger partial charge is 0.481 e. The maximum atomic E-state index is 12.3. The van der Waals surface area contributed by atoms with E-state index in [1.165, 1.54) is 31.0 Å². The van der Waals surface area contributed by atoms with Gasteiger partial charge in [0.25, 0.3) is 11.5 Å². The Morgan fingerprint density at radius 2 is 2.12 bits per heavy atom. The molecule has 0 unspecified atom stereocenters. The van der Waals surface area contributed by atoms with E-state index in [-0.39, 0.29) is 17.6 Å². The summed E-state index contributed by atoms with van der Waals surface area (Å²) in [6.45, 7) is 0.251. The summed E-state index contributed by atoms with van der Waals surface area (Å²) in [5.74, 6) is 0.00830. The molecule has 9 nitrogen and oxygen atoms in total. The Bertz CT molecular complexity index is 1070. The van der Waals surface area contributed by atoms with Crippen LogP contribution in [-0.4, -0.2) is 32.5 Å². The number of ether oxygens (including phenoxy) is 1. The van der Waals surface area contributed by atoms with Gasteiger partial charge in [0.15, 0.2) is 0 Å². The third-order valence-corrected chi connectivity index (χ3v) is 3.71. The molecule has 3 aromatic rings. The summed E-state index contributed by atoms with van der Waals surface area (Å²) in [7, 11) is 3.02. The molecule has 9 heteroatoms. The number of carbonyl (C=O) groups excluding carboxylic acids is 1. The van der Waals surface area contributed by atoms with Crippen LogP contribution in [0.15, 0.2) is 40.2 Å². The lowest BCUT2D eigenvalue weighted by Gasteiger charge is -2.07. The maximum Gasteiger partial charge on any atom is 0.328 e. The van der Waals surface area contributed by atoms with Gasteiger partial charge in [-0.25, -0.2) is 14.8 Å². The molecule has 3 rings (SSSR count). The van der Waals surface area contributed by atoms with Gasteiger partial charge in [-0.1, -0.05) is 0 Å². The highest BCUT2D eigenvalue weighted by molar-refractivity contribution is 5.95. The predicted octanol–water partition coefficient (Wildman–Crippen LogP) is -0.0446. The van der Waals surface area contributed by atoms with Crippen LogP contribution in [0, 0.1) is 0 Å². The van der Waals surface area contributed by atoms with E-state index in [2.05, 4.69) is 20.3 Å². The molecule has 0 aliphatic carbocycles. The van der Waals surface area contributed by atoms with E-state index < -0.39 is 17.2 Å². The standard InChI is InChI=1S/C16H15N5O4/c1-21-12-8-18-11(6-10(12)14(22)20-16(21)24)15(23)19-7-9-3-4-17-13(5-9)25-2/h3-6,8H,7H2,1-2H3,(H,19,23)(H,20,22,24). The van der Waals surface area contributed by atoms with Crippen LogP contribution in [0.4, 0.5) is 0 Å². The average molecular weight is 341 g/mol. The van der Waals surface area contributed by atoms with Crippen LogP contribution in [0.3, 0.4) is 0 Å². The van der Waals surface area contributed by atoms with Gasteiger partial charge in [-0.2, -0.15) is 0 Å². The number of hydrogen-bond acceptors (Lipinski definition) is 6. The molecule has 0 bridgehead atoms. The molecule has 1 amide bonds. The van der Waals surface area contributed by atoms with Gasteiger partial charge in [0.2, 0.25) is 5.88 Å². The fraction of sp³-hybridized carbons (Fsp3) is 0.188. The Morgan fingerprint density at radius 3 is 2.88 bits per heavy atom. The lowest BCUT2D eigenvalue weighted by molar-refractivity contribution is 0.0946. The number of hydrogen-bond donors (Lipinski definition) is 2. The zero-order valence-electron chi connectivity index (χ0n) is 13.6. The zero-order chi connectivity index (χ0) is 18.0. The van der Waals surface area contributed by atoms with Gasteiger partial charge in [0, 0.05) is 25.9 Å². The van der Waals surface area contributed by atoms with Crippen molar-refractivity contribution < 1.29 is 9.53 Å². The highest BCUT2D eigenvalue weighted by Gasteiger charge is 2.12. The smallest absolute Gasteiger partial charge is 0.328 e. The Kier molecular flexibility index (Phi) is 4.29. The number of aromatic amines is 1. The number of methoxy groups -OCH3 is 1.